The van der Waals surface area contributed by atoms with Gasteiger partial charge in [-0.15, -0.1) is 0 Å². The average molecular weight is 395 g/mol. The first-order chi connectivity index (χ1) is 13.6. The van der Waals surface area contributed by atoms with E-state index in [9.17, 15) is 9.59 Å². The molecule has 1 saturated heterocycles. The molecule has 1 aromatic heterocycles. The minimum atomic E-state index is -0.0461. The summed E-state index contributed by atoms with van der Waals surface area (Å²) in [6.07, 6.45) is 0. The Bertz CT molecular complexity index is 1000. The second-order valence-corrected chi connectivity index (χ2v) is 7.95. The van der Waals surface area contributed by atoms with Crippen LogP contribution in [-0.4, -0.2) is 47.9 Å². The van der Waals surface area contributed by atoms with E-state index in [2.05, 4.69) is 5.32 Å². The summed E-state index contributed by atoms with van der Waals surface area (Å²) in [5, 5.41) is 3.49. The Morgan fingerprint density at radius 3 is 2.79 bits per heavy atom. The van der Waals surface area contributed by atoms with Crippen LogP contribution >= 0.6 is 11.3 Å². The number of carbonyl (C=O) groups is 2. The minimum absolute atomic E-state index is 0.0377. The van der Waals surface area contributed by atoms with Crippen molar-refractivity contribution in [1.29, 1.82) is 0 Å². The fourth-order valence-electron chi connectivity index (χ4n) is 3.32. The van der Waals surface area contributed by atoms with Gasteiger partial charge in [-0.3, -0.25) is 19.4 Å². The minimum Gasteiger partial charge on any atom is -0.354 e. The third-order valence-corrected chi connectivity index (χ3v) is 5.84. The first kappa shape index (κ1) is 18.6. The van der Waals surface area contributed by atoms with Crippen molar-refractivity contribution < 1.29 is 9.59 Å². The van der Waals surface area contributed by atoms with E-state index < -0.39 is 0 Å². The summed E-state index contributed by atoms with van der Waals surface area (Å²) in [4.78, 5) is 33.2. The zero-order valence-electron chi connectivity index (χ0n) is 15.7. The van der Waals surface area contributed by atoms with Gasteiger partial charge in [0, 0.05) is 13.1 Å². The lowest BCUT2D eigenvalue weighted by Crippen LogP contribution is -2.51. The first-order valence-corrected chi connectivity index (χ1v) is 10.1. The molecule has 1 aliphatic rings. The lowest BCUT2D eigenvalue weighted by atomic mass is 10.2. The molecule has 4 rings (SSSR count). The van der Waals surface area contributed by atoms with Gasteiger partial charge in [-0.1, -0.05) is 53.8 Å². The number of aromatic nitrogens is 1. The summed E-state index contributed by atoms with van der Waals surface area (Å²) in [7, 11) is 0. The standard InChI is InChI=1S/C21H22N4O2S/c1-15-6-5-9-17-20(15)23-21(28-17)25(12-16-7-3-2-4-8-16)19(27)14-24-11-10-22-18(26)13-24/h2-9H,10-14H2,1H3,(H,22,26). The van der Waals surface area contributed by atoms with Gasteiger partial charge < -0.3 is 5.32 Å². The number of aryl methyl sites for hydroxylation is 1. The maximum Gasteiger partial charge on any atom is 0.243 e. The SMILES string of the molecule is Cc1cccc2sc(N(Cc3ccccc3)C(=O)CN3CCNC(=O)C3)nc12. The fraction of sp³-hybridized carbons (Fsp3) is 0.286. The molecular weight excluding hydrogens is 372 g/mol. The number of thiazole rings is 1. The maximum absolute atomic E-state index is 13.2. The predicted molar refractivity (Wildman–Crippen MR) is 111 cm³/mol. The van der Waals surface area contributed by atoms with Crippen LogP contribution in [0.4, 0.5) is 5.13 Å². The quantitative estimate of drug-likeness (QED) is 0.722. The Morgan fingerprint density at radius 2 is 2.04 bits per heavy atom. The molecule has 0 radical (unpaired) electrons. The van der Waals surface area contributed by atoms with E-state index in [1.165, 1.54) is 11.3 Å². The van der Waals surface area contributed by atoms with Gasteiger partial charge in [-0.05, 0) is 24.1 Å². The Morgan fingerprint density at radius 1 is 1.21 bits per heavy atom. The third kappa shape index (κ3) is 4.05. The fourth-order valence-corrected chi connectivity index (χ4v) is 4.38. The molecule has 1 aliphatic heterocycles. The lowest BCUT2D eigenvalue weighted by Gasteiger charge is -2.28. The van der Waals surface area contributed by atoms with Gasteiger partial charge in [-0.25, -0.2) is 4.98 Å². The van der Waals surface area contributed by atoms with Gasteiger partial charge in [0.2, 0.25) is 11.8 Å². The summed E-state index contributed by atoms with van der Waals surface area (Å²) < 4.78 is 1.07. The van der Waals surface area contributed by atoms with Crippen molar-refractivity contribution in [2.75, 3.05) is 31.1 Å². The molecule has 2 aromatic carbocycles. The van der Waals surface area contributed by atoms with Crippen LogP contribution in [0.5, 0.6) is 0 Å². The van der Waals surface area contributed by atoms with Gasteiger partial charge >= 0.3 is 0 Å². The summed E-state index contributed by atoms with van der Waals surface area (Å²) in [5.74, 6) is -0.0838. The van der Waals surface area contributed by atoms with Crippen molar-refractivity contribution in [2.24, 2.45) is 0 Å². The lowest BCUT2D eigenvalue weighted by molar-refractivity contribution is -0.126. The van der Waals surface area contributed by atoms with Crippen LogP contribution in [0, 0.1) is 6.92 Å². The van der Waals surface area contributed by atoms with Crippen LogP contribution in [-0.2, 0) is 16.1 Å². The largest absolute Gasteiger partial charge is 0.354 e. The third-order valence-electron chi connectivity index (χ3n) is 4.80. The number of amides is 2. The van der Waals surface area contributed by atoms with Crippen molar-refractivity contribution in [3.63, 3.8) is 0 Å². The molecule has 2 heterocycles. The Kier molecular flexibility index (Phi) is 5.36. The smallest absolute Gasteiger partial charge is 0.243 e. The molecule has 2 amide bonds. The number of hydrogen-bond donors (Lipinski definition) is 1. The number of rotatable bonds is 5. The molecule has 0 saturated carbocycles. The molecule has 0 atom stereocenters. The molecule has 1 N–H and O–H groups in total. The summed E-state index contributed by atoms with van der Waals surface area (Å²) in [5.41, 5.74) is 3.08. The molecule has 0 bridgehead atoms. The Hall–Kier alpha value is -2.77. The van der Waals surface area contributed by atoms with Gasteiger partial charge in [0.05, 0.1) is 29.9 Å². The topological polar surface area (TPSA) is 65.5 Å². The number of anilines is 1. The molecule has 6 nitrogen and oxygen atoms in total. The molecule has 28 heavy (non-hydrogen) atoms. The second kappa shape index (κ2) is 8.08. The molecule has 0 aliphatic carbocycles. The van der Waals surface area contributed by atoms with Crippen molar-refractivity contribution in [2.45, 2.75) is 13.5 Å². The molecular formula is C21H22N4O2S. The number of hydrogen-bond acceptors (Lipinski definition) is 5. The zero-order chi connectivity index (χ0) is 19.5. The van der Waals surface area contributed by atoms with E-state index in [0.717, 1.165) is 21.3 Å². The van der Waals surface area contributed by atoms with Gasteiger partial charge in [0.15, 0.2) is 5.13 Å². The van der Waals surface area contributed by atoms with E-state index in [1.807, 2.05) is 60.4 Å². The number of benzene rings is 2. The number of nitrogens with zero attached hydrogens (tertiary/aromatic N) is 3. The number of para-hydroxylation sites is 1. The van der Waals surface area contributed by atoms with Crippen molar-refractivity contribution in [3.05, 3.63) is 59.7 Å². The van der Waals surface area contributed by atoms with E-state index in [1.54, 1.807) is 4.90 Å². The average Bonchev–Trinajstić information content (AvgIpc) is 3.12. The van der Waals surface area contributed by atoms with Crippen molar-refractivity contribution >= 4 is 38.5 Å². The molecule has 1 fully saturated rings. The Labute approximate surface area is 167 Å². The van der Waals surface area contributed by atoms with E-state index in [4.69, 9.17) is 4.98 Å². The normalized spacial score (nSPS) is 14.8. The molecule has 3 aromatic rings. The number of fused-ring (bicyclic) bond motifs is 1. The predicted octanol–water partition coefficient (Wildman–Crippen LogP) is 2.57. The maximum atomic E-state index is 13.2. The first-order valence-electron chi connectivity index (χ1n) is 9.29. The summed E-state index contributed by atoms with van der Waals surface area (Å²) >= 11 is 1.53. The van der Waals surface area contributed by atoms with Crippen molar-refractivity contribution in [1.82, 2.24) is 15.2 Å². The van der Waals surface area contributed by atoms with E-state index in [0.29, 0.717) is 24.8 Å². The zero-order valence-corrected chi connectivity index (χ0v) is 16.5. The van der Waals surface area contributed by atoms with Gasteiger partial charge in [0.1, 0.15) is 0 Å². The number of nitrogens with one attached hydrogen (secondary N) is 1. The molecule has 144 valence electrons. The van der Waals surface area contributed by atoms with E-state index >= 15 is 0 Å². The monoisotopic (exact) mass is 394 g/mol. The highest BCUT2D eigenvalue weighted by atomic mass is 32.1. The van der Waals surface area contributed by atoms with E-state index in [-0.39, 0.29) is 24.9 Å². The number of carbonyl (C=O) groups excluding carboxylic acids is 2. The second-order valence-electron chi connectivity index (χ2n) is 6.94. The molecule has 0 spiro atoms. The highest BCUT2D eigenvalue weighted by molar-refractivity contribution is 7.22. The van der Waals surface area contributed by atoms with Gasteiger partial charge in [0.25, 0.3) is 0 Å². The van der Waals surface area contributed by atoms with Crippen LogP contribution < -0.4 is 10.2 Å². The highest BCUT2D eigenvalue weighted by Gasteiger charge is 2.25. The molecule has 0 unspecified atom stereocenters. The van der Waals surface area contributed by atoms with Crippen LogP contribution in [0.25, 0.3) is 10.2 Å². The number of piperazine rings is 1. The Balaban J connectivity index is 1.63. The van der Waals surface area contributed by atoms with Crippen LogP contribution in [0.3, 0.4) is 0 Å². The summed E-state index contributed by atoms with van der Waals surface area (Å²) in [6, 6.07) is 16.0. The molecule has 7 heteroatoms. The summed E-state index contributed by atoms with van der Waals surface area (Å²) in [6.45, 7) is 4.19. The van der Waals surface area contributed by atoms with Crippen LogP contribution in [0.15, 0.2) is 48.5 Å². The van der Waals surface area contributed by atoms with Gasteiger partial charge in [-0.2, -0.15) is 0 Å². The van der Waals surface area contributed by atoms with Crippen molar-refractivity contribution in [3.8, 4) is 0 Å². The van der Waals surface area contributed by atoms with Crippen LogP contribution in [0.1, 0.15) is 11.1 Å². The highest BCUT2D eigenvalue weighted by Crippen LogP contribution is 2.31. The van der Waals surface area contributed by atoms with Crippen LogP contribution in [0.2, 0.25) is 0 Å².